The quantitative estimate of drug-likeness (QED) is 0.834. The van der Waals surface area contributed by atoms with Gasteiger partial charge < -0.3 is 9.80 Å². The number of nitrogens with zero attached hydrogens (tertiary/aromatic N) is 2. The van der Waals surface area contributed by atoms with E-state index >= 15 is 0 Å². The maximum absolute atomic E-state index is 12.4. The Bertz CT molecular complexity index is 504. The van der Waals surface area contributed by atoms with Crippen molar-refractivity contribution in [3.05, 3.63) is 29.3 Å². The van der Waals surface area contributed by atoms with E-state index in [1.165, 1.54) is 0 Å². The molecule has 0 N–H and O–H groups in total. The van der Waals surface area contributed by atoms with E-state index in [9.17, 15) is 9.59 Å². The number of rotatable bonds is 2. The Morgan fingerprint density at radius 3 is 2.79 bits per heavy atom. The lowest BCUT2D eigenvalue weighted by Gasteiger charge is -2.39. The van der Waals surface area contributed by atoms with Crippen molar-refractivity contribution in [3.63, 3.8) is 0 Å². The number of piperazine rings is 1. The van der Waals surface area contributed by atoms with Gasteiger partial charge in [-0.05, 0) is 25.1 Å². The molecule has 1 fully saturated rings. The minimum Gasteiger partial charge on any atom is -0.329 e. The molecule has 0 bridgehead atoms. The topological polar surface area (TPSA) is 40.6 Å². The van der Waals surface area contributed by atoms with Crippen LogP contribution in [0.25, 0.3) is 0 Å². The van der Waals surface area contributed by atoms with E-state index in [0.717, 1.165) is 5.69 Å². The van der Waals surface area contributed by atoms with Gasteiger partial charge in [0.15, 0.2) is 0 Å². The lowest BCUT2D eigenvalue weighted by atomic mass is 10.1. The zero-order chi connectivity index (χ0) is 14.0. The summed E-state index contributed by atoms with van der Waals surface area (Å²) in [6.45, 7) is 4.65. The molecule has 102 valence electrons. The molecule has 5 heteroatoms. The van der Waals surface area contributed by atoms with Crippen molar-refractivity contribution in [2.24, 2.45) is 0 Å². The number of anilines is 1. The van der Waals surface area contributed by atoms with Gasteiger partial charge in [0.2, 0.25) is 11.8 Å². The van der Waals surface area contributed by atoms with Crippen molar-refractivity contribution in [2.75, 3.05) is 18.0 Å². The van der Waals surface area contributed by atoms with E-state index in [2.05, 4.69) is 0 Å². The lowest BCUT2D eigenvalue weighted by Crippen LogP contribution is -2.57. The predicted molar refractivity (Wildman–Crippen MR) is 75.3 cm³/mol. The molecule has 2 rings (SSSR count). The minimum absolute atomic E-state index is 0.0200. The summed E-state index contributed by atoms with van der Waals surface area (Å²) in [6, 6.07) is 6.80. The first kappa shape index (κ1) is 13.9. The number of hydrogen-bond acceptors (Lipinski definition) is 2. The minimum atomic E-state index is -0.416. The van der Waals surface area contributed by atoms with Gasteiger partial charge in [0, 0.05) is 30.2 Å². The van der Waals surface area contributed by atoms with Gasteiger partial charge in [-0.15, -0.1) is 0 Å². The van der Waals surface area contributed by atoms with Crippen LogP contribution in [-0.4, -0.2) is 35.8 Å². The normalized spacial score (nSPS) is 19.7. The number of amides is 2. The lowest BCUT2D eigenvalue weighted by molar-refractivity contribution is -0.140. The number of hydrogen-bond donors (Lipinski definition) is 0. The maximum atomic E-state index is 12.4. The molecule has 1 atom stereocenters. The molecule has 0 unspecified atom stereocenters. The van der Waals surface area contributed by atoms with Gasteiger partial charge in [-0.2, -0.15) is 0 Å². The zero-order valence-corrected chi connectivity index (χ0v) is 11.9. The van der Waals surface area contributed by atoms with E-state index in [1.54, 1.807) is 28.9 Å². The van der Waals surface area contributed by atoms with Crippen LogP contribution in [0.1, 0.15) is 20.3 Å². The van der Waals surface area contributed by atoms with Gasteiger partial charge >= 0.3 is 0 Å². The molecule has 1 heterocycles. The predicted octanol–water partition coefficient (Wildman–Crippen LogP) is 2.31. The molecule has 4 nitrogen and oxygen atoms in total. The molecule has 0 aromatic heterocycles. The van der Waals surface area contributed by atoms with Gasteiger partial charge in [-0.3, -0.25) is 9.59 Å². The summed E-state index contributed by atoms with van der Waals surface area (Å²) in [7, 11) is 0. The zero-order valence-electron chi connectivity index (χ0n) is 11.1. The first-order valence-corrected chi connectivity index (χ1v) is 6.78. The molecular formula is C14H17ClN2O2. The summed E-state index contributed by atoms with van der Waals surface area (Å²) in [5, 5.41) is 0.602. The third kappa shape index (κ3) is 2.73. The van der Waals surface area contributed by atoms with Crippen LogP contribution in [0.2, 0.25) is 5.02 Å². The second-order valence-electron chi connectivity index (χ2n) is 4.59. The standard InChI is InChI=1S/C14H17ClN2O2/c1-3-13(18)16-7-8-17(14(19)10(16)2)12-6-4-5-11(15)9-12/h4-6,9-10H,3,7-8H2,1-2H3/t10-/m1/s1. The molecule has 0 spiro atoms. The van der Waals surface area contributed by atoms with E-state index in [1.807, 2.05) is 19.1 Å². The van der Waals surface area contributed by atoms with Gasteiger partial charge in [0.05, 0.1) is 0 Å². The fourth-order valence-electron chi connectivity index (χ4n) is 2.31. The summed E-state index contributed by atoms with van der Waals surface area (Å²) in [4.78, 5) is 27.4. The third-order valence-corrected chi connectivity index (χ3v) is 3.63. The van der Waals surface area contributed by atoms with Gasteiger partial charge in [0.25, 0.3) is 0 Å². The smallest absolute Gasteiger partial charge is 0.249 e. The molecule has 19 heavy (non-hydrogen) atoms. The van der Waals surface area contributed by atoms with Crippen molar-refractivity contribution in [1.29, 1.82) is 0 Å². The molecule has 0 radical (unpaired) electrons. The molecule has 1 aromatic rings. The van der Waals surface area contributed by atoms with Crippen molar-refractivity contribution in [3.8, 4) is 0 Å². The number of halogens is 1. The van der Waals surface area contributed by atoms with Crippen LogP contribution in [0.5, 0.6) is 0 Å². The van der Waals surface area contributed by atoms with E-state index < -0.39 is 6.04 Å². The summed E-state index contributed by atoms with van der Waals surface area (Å²) < 4.78 is 0. The van der Waals surface area contributed by atoms with E-state index in [-0.39, 0.29) is 11.8 Å². The molecule has 1 aliphatic rings. The maximum Gasteiger partial charge on any atom is 0.249 e. The second kappa shape index (κ2) is 5.61. The van der Waals surface area contributed by atoms with Crippen LogP contribution < -0.4 is 4.90 Å². The highest BCUT2D eigenvalue weighted by Gasteiger charge is 2.34. The highest BCUT2D eigenvalue weighted by molar-refractivity contribution is 6.30. The van der Waals surface area contributed by atoms with Crippen molar-refractivity contribution in [1.82, 2.24) is 4.90 Å². The largest absolute Gasteiger partial charge is 0.329 e. The number of carbonyl (C=O) groups is 2. The summed E-state index contributed by atoms with van der Waals surface area (Å²) in [6.07, 6.45) is 0.425. The van der Waals surface area contributed by atoms with E-state index in [4.69, 9.17) is 11.6 Å². The average molecular weight is 281 g/mol. The Kier molecular flexibility index (Phi) is 4.10. The Hall–Kier alpha value is -1.55. The van der Waals surface area contributed by atoms with Crippen molar-refractivity contribution < 1.29 is 9.59 Å². The number of benzene rings is 1. The molecule has 1 saturated heterocycles. The first-order valence-electron chi connectivity index (χ1n) is 6.41. The average Bonchev–Trinajstić information content (AvgIpc) is 2.41. The highest BCUT2D eigenvalue weighted by Crippen LogP contribution is 2.23. The van der Waals surface area contributed by atoms with Gasteiger partial charge in [0.1, 0.15) is 6.04 Å². The molecule has 2 amide bonds. The monoisotopic (exact) mass is 280 g/mol. The Morgan fingerprint density at radius 2 is 2.16 bits per heavy atom. The molecule has 1 aliphatic heterocycles. The SMILES string of the molecule is CCC(=O)N1CCN(c2cccc(Cl)c2)C(=O)[C@H]1C. The Balaban J connectivity index is 2.20. The van der Waals surface area contributed by atoms with Crippen molar-refractivity contribution >= 4 is 29.1 Å². The Morgan fingerprint density at radius 1 is 1.42 bits per heavy atom. The summed E-state index contributed by atoms with van der Waals surface area (Å²) >= 11 is 5.95. The third-order valence-electron chi connectivity index (χ3n) is 3.40. The van der Waals surface area contributed by atoms with Crippen LogP contribution in [0.3, 0.4) is 0 Å². The fourth-order valence-corrected chi connectivity index (χ4v) is 2.50. The van der Waals surface area contributed by atoms with Gasteiger partial charge in [-0.25, -0.2) is 0 Å². The highest BCUT2D eigenvalue weighted by atomic mass is 35.5. The van der Waals surface area contributed by atoms with E-state index in [0.29, 0.717) is 24.5 Å². The molecule has 0 saturated carbocycles. The Labute approximate surface area is 117 Å². The van der Waals surface area contributed by atoms with Crippen LogP contribution in [-0.2, 0) is 9.59 Å². The molecule has 1 aromatic carbocycles. The first-order chi connectivity index (χ1) is 9.04. The van der Waals surface area contributed by atoms with Crippen LogP contribution in [0, 0.1) is 0 Å². The number of carbonyl (C=O) groups excluding carboxylic acids is 2. The van der Waals surface area contributed by atoms with Crippen LogP contribution in [0.15, 0.2) is 24.3 Å². The summed E-state index contributed by atoms with van der Waals surface area (Å²) in [5.74, 6) is -0.0399. The van der Waals surface area contributed by atoms with Crippen molar-refractivity contribution in [2.45, 2.75) is 26.3 Å². The second-order valence-corrected chi connectivity index (χ2v) is 5.02. The fraction of sp³-hybridized carbons (Fsp3) is 0.429. The van der Waals surface area contributed by atoms with Crippen LogP contribution in [0.4, 0.5) is 5.69 Å². The summed E-state index contributed by atoms with van der Waals surface area (Å²) in [5.41, 5.74) is 0.785. The molecular weight excluding hydrogens is 264 g/mol. The van der Waals surface area contributed by atoms with Crippen LogP contribution >= 0.6 is 11.6 Å². The van der Waals surface area contributed by atoms with Gasteiger partial charge in [-0.1, -0.05) is 24.6 Å². The molecule has 0 aliphatic carbocycles.